The van der Waals surface area contributed by atoms with Gasteiger partial charge >= 0.3 is 0 Å². The van der Waals surface area contributed by atoms with E-state index in [0.29, 0.717) is 15.9 Å². The molecular weight excluding hydrogens is 404 g/mol. The van der Waals surface area contributed by atoms with Crippen LogP contribution in [0.4, 0.5) is 0 Å². The van der Waals surface area contributed by atoms with Gasteiger partial charge in [-0.3, -0.25) is 0 Å². The Morgan fingerprint density at radius 3 is 2.19 bits per heavy atom. The summed E-state index contributed by atoms with van der Waals surface area (Å²) < 4.78 is 0.305. The van der Waals surface area contributed by atoms with Gasteiger partial charge in [-0.2, -0.15) is 10.0 Å². The van der Waals surface area contributed by atoms with Crippen LogP contribution < -0.4 is 0 Å². The molecule has 32 heavy (non-hydrogen) atoms. The second kappa shape index (κ2) is 5.81. The summed E-state index contributed by atoms with van der Waals surface area (Å²) in [6.07, 6.45) is 9.91. The summed E-state index contributed by atoms with van der Waals surface area (Å²) in [6, 6.07) is 18.7. The van der Waals surface area contributed by atoms with Crippen LogP contribution >= 0.6 is 10.0 Å². The first-order chi connectivity index (χ1) is 15.5. The topological polar surface area (TPSA) is 0 Å². The highest BCUT2D eigenvalue weighted by molar-refractivity contribution is 8.45. The molecule has 5 aliphatic rings. The van der Waals surface area contributed by atoms with E-state index in [1.807, 2.05) is 0 Å². The van der Waals surface area contributed by atoms with Crippen molar-refractivity contribution in [2.45, 2.75) is 61.2 Å². The lowest BCUT2D eigenvalue weighted by Crippen LogP contribution is -2.60. The summed E-state index contributed by atoms with van der Waals surface area (Å²) in [7, 11) is -0.971. The van der Waals surface area contributed by atoms with E-state index in [1.54, 1.807) is 21.6 Å². The average molecular weight is 437 g/mol. The summed E-state index contributed by atoms with van der Waals surface area (Å²) in [4.78, 5) is 1.71. The van der Waals surface area contributed by atoms with E-state index < -0.39 is 10.0 Å². The lowest BCUT2D eigenvalue weighted by atomic mass is 9.47. The van der Waals surface area contributed by atoms with Gasteiger partial charge in [-0.1, -0.05) is 79.6 Å². The molecule has 0 bridgehead atoms. The molecule has 0 nitrogen and oxygen atoms in total. The molecule has 0 radical (unpaired) electrons. The first-order valence-electron chi connectivity index (χ1n) is 12.2. The summed E-state index contributed by atoms with van der Waals surface area (Å²) in [6.45, 7) is 13.9. The van der Waals surface area contributed by atoms with Crippen molar-refractivity contribution in [2.24, 2.45) is 5.92 Å². The Balaban J connectivity index is 1.58. The van der Waals surface area contributed by atoms with Crippen LogP contribution in [0.15, 0.2) is 95.0 Å². The molecule has 2 heterocycles. The molecule has 0 aromatic heterocycles. The molecule has 162 valence electrons. The Morgan fingerprint density at radius 2 is 1.59 bits per heavy atom. The van der Waals surface area contributed by atoms with Gasteiger partial charge in [-0.25, -0.2) is 0 Å². The van der Waals surface area contributed by atoms with Crippen LogP contribution in [-0.2, 0) is 5.41 Å². The Kier molecular flexibility index (Phi) is 3.49. The fourth-order valence-corrected chi connectivity index (χ4v) is 16.5. The minimum atomic E-state index is -0.971. The monoisotopic (exact) mass is 436 g/mol. The summed E-state index contributed by atoms with van der Waals surface area (Å²) in [5.74, 6) is 0.708. The molecule has 7 rings (SSSR count). The molecule has 2 aliphatic heterocycles. The van der Waals surface area contributed by atoms with Gasteiger partial charge in [0.1, 0.15) is 0 Å². The van der Waals surface area contributed by atoms with Crippen molar-refractivity contribution in [1.82, 2.24) is 0 Å². The van der Waals surface area contributed by atoms with Gasteiger partial charge in [0, 0.05) is 20.7 Å². The third kappa shape index (κ3) is 1.59. The van der Waals surface area contributed by atoms with Gasteiger partial charge in [-0.05, 0) is 77.5 Å². The molecule has 2 aromatic rings. The SMILES string of the molecule is C=CCC12C(C(CC)C13c1ccccc1-c1ccccc13)S21C(C)=CC2=C(C)C(C)=CC21. The Bertz CT molecular complexity index is 1270. The molecule has 5 unspecified atom stereocenters. The summed E-state index contributed by atoms with van der Waals surface area (Å²) >= 11 is 0. The highest BCUT2D eigenvalue weighted by Gasteiger charge is 2.94. The minimum Gasteiger partial charge on any atom is -0.195 e. The van der Waals surface area contributed by atoms with E-state index in [2.05, 4.69) is 101 Å². The van der Waals surface area contributed by atoms with Crippen LogP contribution in [0.1, 0.15) is 51.7 Å². The maximum Gasteiger partial charge on any atom is 0.0402 e. The molecule has 0 N–H and O–H groups in total. The molecule has 2 fully saturated rings. The van der Waals surface area contributed by atoms with Crippen molar-refractivity contribution in [3.05, 3.63) is 106 Å². The van der Waals surface area contributed by atoms with Crippen LogP contribution in [0.5, 0.6) is 0 Å². The predicted octanol–water partition coefficient (Wildman–Crippen LogP) is 8.06. The number of hydrogen-bond acceptors (Lipinski definition) is 0. The van der Waals surface area contributed by atoms with Crippen LogP contribution in [0, 0.1) is 5.92 Å². The van der Waals surface area contributed by atoms with Crippen LogP contribution in [-0.4, -0.2) is 15.2 Å². The zero-order valence-corrected chi connectivity index (χ0v) is 20.4. The molecule has 0 amide bonds. The van der Waals surface area contributed by atoms with Gasteiger partial charge in [0.25, 0.3) is 0 Å². The van der Waals surface area contributed by atoms with Gasteiger partial charge in [-0.15, -0.1) is 6.58 Å². The first-order valence-corrected chi connectivity index (χ1v) is 14.0. The lowest BCUT2D eigenvalue weighted by molar-refractivity contribution is 0.151. The summed E-state index contributed by atoms with van der Waals surface area (Å²) in [5, 5.41) is 1.44. The van der Waals surface area contributed by atoms with E-state index in [1.165, 1.54) is 28.7 Å². The number of hydrogen-bond donors (Lipinski definition) is 0. The zero-order chi connectivity index (χ0) is 22.0. The Labute approximate surface area is 194 Å². The number of benzene rings is 2. The van der Waals surface area contributed by atoms with Crippen molar-refractivity contribution in [3.8, 4) is 11.1 Å². The zero-order valence-electron chi connectivity index (χ0n) is 19.6. The number of allylic oxidation sites excluding steroid dienone is 5. The van der Waals surface area contributed by atoms with E-state index in [4.69, 9.17) is 0 Å². The lowest BCUT2D eigenvalue weighted by Gasteiger charge is -2.54. The standard InChI is InChI=1S/C31H32S/c1-6-16-30-29(32(30)20(4)18-24-21(5)19(3)17-28(24)32)25(7-2)31(30)26-14-10-8-12-22(26)23-13-9-11-15-27(23)31/h6,8-15,17-18,25,28-29H,1,7,16H2,2-5H3. The van der Waals surface area contributed by atoms with Crippen molar-refractivity contribution in [2.75, 3.05) is 0 Å². The number of rotatable bonds is 3. The van der Waals surface area contributed by atoms with E-state index in [-0.39, 0.29) is 5.41 Å². The fourth-order valence-electron chi connectivity index (χ4n) is 9.03. The fraction of sp³-hybridized carbons (Fsp3) is 0.355. The average Bonchev–Trinajstić information content (AvgIpc) is 3.01. The van der Waals surface area contributed by atoms with Crippen LogP contribution in [0.3, 0.4) is 0 Å². The van der Waals surface area contributed by atoms with Crippen molar-refractivity contribution in [3.63, 3.8) is 0 Å². The predicted molar refractivity (Wildman–Crippen MR) is 139 cm³/mol. The molecular formula is C31H32S. The van der Waals surface area contributed by atoms with Crippen molar-refractivity contribution < 1.29 is 0 Å². The van der Waals surface area contributed by atoms with Gasteiger partial charge in [0.15, 0.2) is 0 Å². The third-order valence-electron chi connectivity index (χ3n) is 9.90. The van der Waals surface area contributed by atoms with E-state index in [0.717, 1.165) is 11.7 Å². The second-order valence-electron chi connectivity index (χ2n) is 10.5. The molecule has 1 saturated carbocycles. The van der Waals surface area contributed by atoms with Gasteiger partial charge in [0.05, 0.1) is 0 Å². The van der Waals surface area contributed by atoms with E-state index >= 15 is 0 Å². The van der Waals surface area contributed by atoms with Gasteiger partial charge in [0.2, 0.25) is 0 Å². The van der Waals surface area contributed by atoms with Crippen LogP contribution in [0.25, 0.3) is 11.1 Å². The highest BCUT2D eigenvalue weighted by atomic mass is 32.3. The van der Waals surface area contributed by atoms with Gasteiger partial charge < -0.3 is 0 Å². The summed E-state index contributed by atoms with van der Waals surface area (Å²) in [5.41, 5.74) is 11.0. The maximum absolute atomic E-state index is 4.33. The molecule has 1 heteroatoms. The highest BCUT2D eigenvalue weighted by Crippen LogP contribution is 3.05. The third-order valence-corrected chi connectivity index (χ3v) is 15.5. The Morgan fingerprint density at radius 1 is 0.969 bits per heavy atom. The minimum absolute atomic E-state index is 0.131. The maximum atomic E-state index is 4.33. The molecule has 2 spiro atoms. The second-order valence-corrected chi connectivity index (χ2v) is 14.3. The largest absolute Gasteiger partial charge is 0.195 e. The molecule has 1 saturated heterocycles. The van der Waals surface area contributed by atoms with E-state index in [9.17, 15) is 0 Å². The molecule has 3 aliphatic carbocycles. The van der Waals surface area contributed by atoms with Crippen LogP contribution in [0.2, 0.25) is 0 Å². The molecule has 2 aromatic carbocycles. The normalized spacial score (nSPS) is 38.3. The Hall–Kier alpha value is -2.25. The smallest absolute Gasteiger partial charge is 0.0402 e. The molecule has 5 atom stereocenters. The number of fused-ring (bicyclic) bond motifs is 11. The van der Waals surface area contributed by atoms with Crippen molar-refractivity contribution >= 4 is 10.0 Å². The van der Waals surface area contributed by atoms with Crippen molar-refractivity contribution in [1.29, 1.82) is 0 Å². The quantitative estimate of drug-likeness (QED) is 0.337. The first kappa shape index (κ1) is 19.2.